The van der Waals surface area contributed by atoms with E-state index in [4.69, 9.17) is 9.72 Å². The number of anilines is 2. The lowest BCUT2D eigenvalue weighted by Crippen LogP contribution is -2.39. The summed E-state index contributed by atoms with van der Waals surface area (Å²) in [5.41, 5.74) is 1.31. The number of hydrogen-bond acceptors (Lipinski definition) is 7. The van der Waals surface area contributed by atoms with Crippen LogP contribution in [0.3, 0.4) is 0 Å². The summed E-state index contributed by atoms with van der Waals surface area (Å²) in [5.74, 6) is 2.40. The lowest BCUT2D eigenvalue weighted by atomic mass is 9.92. The molecule has 2 aromatic rings. The predicted octanol–water partition coefficient (Wildman–Crippen LogP) is 1.35. The van der Waals surface area contributed by atoms with Crippen LogP contribution in [0.15, 0.2) is 24.7 Å². The maximum Gasteiger partial charge on any atom is 0.227 e. The Bertz CT molecular complexity index is 727. The minimum atomic E-state index is 0.198. The summed E-state index contributed by atoms with van der Waals surface area (Å²) in [6, 6.07) is 2.38. The van der Waals surface area contributed by atoms with Crippen LogP contribution in [0.1, 0.15) is 24.3 Å². The highest BCUT2D eigenvalue weighted by Gasteiger charge is 2.35. The van der Waals surface area contributed by atoms with Crippen LogP contribution in [-0.2, 0) is 4.74 Å². The predicted molar refractivity (Wildman–Crippen MR) is 105 cm³/mol. The molecule has 2 aromatic heterocycles. The summed E-state index contributed by atoms with van der Waals surface area (Å²) in [6.45, 7) is 3.73. The molecule has 2 aliphatic rings. The number of rotatable bonds is 5. The number of aromatic amines is 1. The van der Waals surface area contributed by atoms with Crippen LogP contribution in [0.4, 0.5) is 11.8 Å². The Labute approximate surface area is 160 Å². The van der Waals surface area contributed by atoms with Gasteiger partial charge in [0.1, 0.15) is 5.82 Å². The van der Waals surface area contributed by atoms with Crippen LogP contribution in [0.2, 0.25) is 0 Å². The molecular weight excluding hydrogens is 342 g/mol. The standard InChI is InChI=1S/C19H29N7O/c1-24(2)16-12-26(13-17(16)27-3)18-4-7-20-19(23-18)25-8-5-14(6-9-25)15-10-21-22-11-15/h4,7,10-11,14,16-17H,5-6,8-9,12-13H2,1-3H3,(H,21,22)/t16-,17+/m0/s1. The Morgan fingerprint density at radius 1 is 1.19 bits per heavy atom. The first-order chi connectivity index (χ1) is 13.2. The van der Waals surface area contributed by atoms with Crippen molar-refractivity contribution in [2.24, 2.45) is 0 Å². The van der Waals surface area contributed by atoms with Gasteiger partial charge in [-0.25, -0.2) is 4.98 Å². The van der Waals surface area contributed by atoms with Gasteiger partial charge in [0.05, 0.1) is 18.3 Å². The molecule has 0 radical (unpaired) electrons. The van der Waals surface area contributed by atoms with Gasteiger partial charge in [-0.15, -0.1) is 0 Å². The largest absolute Gasteiger partial charge is 0.378 e. The van der Waals surface area contributed by atoms with Crippen molar-refractivity contribution < 1.29 is 4.74 Å². The van der Waals surface area contributed by atoms with Gasteiger partial charge < -0.3 is 19.4 Å². The van der Waals surface area contributed by atoms with Crippen molar-refractivity contribution in [3.05, 3.63) is 30.2 Å². The average molecular weight is 371 g/mol. The van der Waals surface area contributed by atoms with E-state index in [2.05, 4.69) is 44.0 Å². The van der Waals surface area contributed by atoms with Gasteiger partial charge in [0, 0.05) is 45.7 Å². The summed E-state index contributed by atoms with van der Waals surface area (Å²) in [6.07, 6.45) is 8.24. The summed E-state index contributed by atoms with van der Waals surface area (Å²) >= 11 is 0. The molecule has 0 unspecified atom stereocenters. The van der Waals surface area contributed by atoms with Crippen molar-refractivity contribution in [1.29, 1.82) is 0 Å². The van der Waals surface area contributed by atoms with Gasteiger partial charge in [-0.05, 0) is 44.5 Å². The Kier molecular flexibility index (Phi) is 5.27. The summed E-state index contributed by atoms with van der Waals surface area (Å²) in [7, 11) is 6.01. The third-order valence-electron chi connectivity index (χ3n) is 5.92. The van der Waals surface area contributed by atoms with Gasteiger partial charge in [-0.1, -0.05) is 0 Å². The Morgan fingerprint density at radius 2 is 2.00 bits per heavy atom. The monoisotopic (exact) mass is 371 g/mol. The van der Waals surface area contributed by atoms with E-state index >= 15 is 0 Å². The first-order valence-corrected chi connectivity index (χ1v) is 9.66. The zero-order chi connectivity index (χ0) is 18.8. The van der Waals surface area contributed by atoms with Crippen molar-refractivity contribution in [3.63, 3.8) is 0 Å². The van der Waals surface area contributed by atoms with Crippen LogP contribution in [0.25, 0.3) is 0 Å². The smallest absolute Gasteiger partial charge is 0.227 e. The second-order valence-electron chi connectivity index (χ2n) is 7.72. The van der Waals surface area contributed by atoms with Crippen molar-refractivity contribution in [2.45, 2.75) is 30.9 Å². The lowest BCUT2D eigenvalue weighted by Gasteiger charge is -2.32. The molecule has 2 fully saturated rings. The third-order valence-corrected chi connectivity index (χ3v) is 5.92. The highest BCUT2D eigenvalue weighted by atomic mass is 16.5. The SMILES string of the molecule is CO[C@@H]1CN(c2ccnc(N3CCC(c4cn[nH]c4)CC3)n2)C[C@@H]1N(C)C. The van der Waals surface area contributed by atoms with Crippen LogP contribution in [0, 0.1) is 0 Å². The highest BCUT2D eigenvalue weighted by molar-refractivity contribution is 5.46. The van der Waals surface area contributed by atoms with Crippen molar-refractivity contribution in [2.75, 3.05) is 57.2 Å². The van der Waals surface area contributed by atoms with Gasteiger partial charge in [0.15, 0.2) is 0 Å². The molecule has 4 rings (SSSR count). The number of nitrogens with zero attached hydrogens (tertiary/aromatic N) is 6. The van der Waals surface area contributed by atoms with E-state index in [1.807, 2.05) is 24.7 Å². The van der Waals surface area contributed by atoms with Crippen LogP contribution in [-0.4, -0.2) is 84.6 Å². The number of nitrogens with one attached hydrogen (secondary N) is 1. The average Bonchev–Trinajstić information content (AvgIpc) is 3.38. The molecule has 0 spiro atoms. The van der Waals surface area contributed by atoms with E-state index in [0.717, 1.165) is 50.8 Å². The highest BCUT2D eigenvalue weighted by Crippen LogP contribution is 2.29. The Balaban J connectivity index is 1.43. The molecule has 0 bridgehead atoms. The minimum absolute atomic E-state index is 0.198. The molecule has 2 saturated heterocycles. The van der Waals surface area contributed by atoms with Crippen molar-refractivity contribution >= 4 is 11.8 Å². The Morgan fingerprint density at radius 3 is 2.63 bits per heavy atom. The number of hydrogen-bond donors (Lipinski definition) is 1. The first kappa shape index (κ1) is 18.2. The van der Waals surface area contributed by atoms with Crippen LogP contribution >= 0.6 is 0 Å². The second-order valence-corrected chi connectivity index (χ2v) is 7.72. The minimum Gasteiger partial charge on any atom is -0.378 e. The molecule has 0 aliphatic carbocycles. The van der Waals surface area contributed by atoms with Crippen LogP contribution < -0.4 is 9.80 Å². The Hall–Kier alpha value is -2.19. The molecular formula is C19H29N7O. The van der Waals surface area contributed by atoms with E-state index in [1.54, 1.807) is 7.11 Å². The number of ether oxygens (including phenoxy) is 1. The van der Waals surface area contributed by atoms with Crippen molar-refractivity contribution in [1.82, 2.24) is 25.1 Å². The number of H-pyrrole nitrogens is 1. The number of likely N-dealkylation sites (N-methyl/N-ethyl adjacent to an activating group) is 1. The van der Waals surface area contributed by atoms with E-state index in [1.165, 1.54) is 5.56 Å². The molecule has 0 aromatic carbocycles. The number of methoxy groups -OCH3 is 1. The number of aromatic nitrogens is 4. The molecule has 8 heteroatoms. The van der Waals surface area contributed by atoms with Gasteiger partial charge in [-0.2, -0.15) is 10.1 Å². The van der Waals surface area contributed by atoms with Crippen LogP contribution in [0.5, 0.6) is 0 Å². The summed E-state index contributed by atoms with van der Waals surface area (Å²) < 4.78 is 5.69. The first-order valence-electron chi connectivity index (χ1n) is 9.66. The lowest BCUT2D eigenvalue weighted by molar-refractivity contribution is 0.0639. The molecule has 2 atom stereocenters. The molecule has 4 heterocycles. The molecule has 0 amide bonds. The van der Waals surface area contributed by atoms with E-state index < -0.39 is 0 Å². The van der Waals surface area contributed by atoms with Gasteiger partial charge in [0.25, 0.3) is 0 Å². The molecule has 27 heavy (non-hydrogen) atoms. The van der Waals surface area contributed by atoms with Gasteiger partial charge in [-0.3, -0.25) is 5.10 Å². The summed E-state index contributed by atoms with van der Waals surface area (Å²) in [4.78, 5) is 16.3. The molecule has 2 aliphatic heterocycles. The molecule has 0 saturated carbocycles. The molecule has 8 nitrogen and oxygen atoms in total. The fraction of sp³-hybridized carbons (Fsp3) is 0.632. The van der Waals surface area contributed by atoms with E-state index in [9.17, 15) is 0 Å². The topological polar surface area (TPSA) is 73.4 Å². The fourth-order valence-corrected chi connectivity index (χ4v) is 4.24. The second kappa shape index (κ2) is 7.82. The maximum absolute atomic E-state index is 5.69. The number of piperidine rings is 1. The summed E-state index contributed by atoms with van der Waals surface area (Å²) in [5, 5.41) is 7.00. The normalized spacial score (nSPS) is 24.1. The van der Waals surface area contributed by atoms with Gasteiger partial charge >= 0.3 is 0 Å². The zero-order valence-corrected chi connectivity index (χ0v) is 16.4. The van der Waals surface area contributed by atoms with Crippen molar-refractivity contribution in [3.8, 4) is 0 Å². The zero-order valence-electron chi connectivity index (χ0n) is 16.4. The maximum atomic E-state index is 5.69. The van der Waals surface area contributed by atoms with E-state index in [0.29, 0.717) is 12.0 Å². The quantitative estimate of drug-likeness (QED) is 0.850. The molecule has 146 valence electrons. The van der Waals surface area contributed by atoms with E-state index in [-0.39, 0.29) is 6.10 Å². The fourth-order valence-electron chi connectivity index (χ4n) is 4.24. The third kappa shape index (κ3) is 3.77. The van der Waals surface area contributed by atoms with Gasteiger partial charge in [0.2, 0.25) is 5.95 Å². The molecule has 1 N–H and O–H groups in total.